The molecule has 1 aliphatic heterocycles. The Bertz CT molecular complexity index is 953. The molecule has 0 saturated heterocycles. The molecule has 1 aliphatic rings. The van der Waals surface area contributed by atoms with E-state index in [0.29, 0.717) is 0 Å². The summed E-state index contributed by atoms with van der Waals surface area (Å²) >= 11 is 2.75. The molecule has 142 valence electrons. The molecule has 3 heterocycles. The third-order valence-electron chi connectivity index (χ3n) is 4.31. The Morgan fingerprint density at radius 2 is 2.15 bits per heavy atom. The van der Waals surface area contributed by atoms with Crippen LogP contribution in [-0.4, -0.2) is 43.6 Å². The molecule has 0 saturated carbocycles. The average molecular weight is 413 g/mol. The second-order valence-corrected chi connectivity index (χ2v) is 8.40. The molecule has 1 amide bonds. The molecule has 0 N–H and O–H groups in total. The zero-order valence-corrected chi connectivity index (χ0v) is 15.7. The van der Waals surface area contributed by atoms with E-state index in [-0.39, 0.29) is 24.0 Å². The van der Waals surface area contributed by atoms with Gasteiger partial charge in [0.2, 0.25) is 11.9 Å². The highest BCUT2D eigenvalue weighted by atomic mass is 32.2. The number of rotatable bonds is 3. The van der Waals surface area contributed by atoms with Crippen LogP contribution in [0, 0.1) is 0 Å². The average Bonchev–Trinajstić information content (AvgIpc) is 3.24. The van der Waals surface area contributed by atoms with Crippen LogP contribution in [0.3, 0.4) is 0 Å². The van der Waals surface area contributed by atoms with Crippen LogP contribution in [-0.2, 0) is 4.79 Å². The summed E-state index contributed by atoms with van der Waals surface area (Å²) in [5.41, 5.74) is 0.858. The van der Waals surface area contributed by atoms with E-state index in [1.165, 1.54) is 28.0 Å². The maximum Gasteiger partial charge on any atom is 0.411 e. The van der Waals surface area contributed by atoms with Gasteiger partial charge in [-0.1, -0.05) is 23.9 Å². The molecule has 0 unspecified atom stereocenters. The Morgan fingerprint density at radius 1 is 1.37 bits per heavy atom. The van der Waals surface area contributed by atoms with Gasteiger partial charge in [0.25, 0.3) is 0 Å². The highest BCUT2D eigenvalue weighted by Crippen LogP contribution is 2.40. The highest BCUT2D eigenvalue weighted by Gasteiger charge is 2.48. The maximum absolute atomic E-state index is 13.3. The van der Waals surface area contributed by atoms with Crippen molar-refractivity contribution >= 4 is 45.2 Å². The van der Waals surface area contributed by atoms with Crippen LogP contribution in [0.4, 0.5) is 19.1 Å². The number of amides is 1. The van der Waals surface area contributed by atoms with Crippen molar-refractivity contribution in [1.29, 1.82) is 0 Å². The number of thioether (sulfide) groups is 1. The van der Waals surface area contributed by atoms with Gasteiger partial charge in [0.1, 0.15) is 6.33 Å². The molecule has 1 aromatic carbocycles. The number of benzene rings is 1. The minimum atomic E-state index is -4.44. The number of para-hydroxylation sites is 1. The maximum atomic E-state index is 13.3. The first kappa shape index (κ1) is 18.2. The standard InChI is InChI=1S/C16H14F3N5OS2/c1-9-6-12(16(17,18)19)24-14(20-8-21-24)23(9)13(25)7-26-15-22-10-4-2-3-5-11(10)27-15/h2-5,8-9,12H,6-7H2,1H3/t9-,12+/m0/s1. The molecule has 3 aromatic rings. The van der Waals surface area contributed by atoms with Crippen LogP contribution >= 0.6 is 23.1 Å². The van der Waals surface area contributed by atoms with Crippen LogP contribution in [0.1, 0.15) is 19.4 Å². The van der Waals surface area contributed by atoms with Gasteiger partial charge >= 0.3 is 6.18 Å². The molecular formula is C16H14F3N5OS2. The summed E-state index contributed by atoms with van der Waals surface area (Å²) in [5.74, 6) is -0.319. The fraction of sp³-hybridized carbons (Fsp3) is 0.375. The lowest BCUT2D eigenvalue weighted by Crippen LogP contribution is -2.49. The number of fused-ring (bicyclic) bond motifs is 2. The summed E-state index contributed by atoms with van der Waals surface area (Å²) in [7, 11) is 0. The first-order valence-electron chi connectivity index (χ1n) is 8.11. The summed E-state index contributed by atoms with van der Waals surface area (Å²) in [6.45, 7) is 1.59. The monoisotopic (exact) mass is 413 g/mol. The van der Waals surface area contributed by atoms with Crippen LogP contribution < -0.4 is 4.90 Å². The van der Waals surface area contributed by atoms with Crippen molar-refractivity contribution in [3.8, 4) is 0 Å². The highest BCUT2D eigenvalue weighted by molar-refractivity contribution is 8.01. The lowest BCUT2D eigenvalue weighted by molar-refractivity contribution is -0.174. The normalized spacial score (nSPS) is 20.1. The molecule has 11 heteroatoms. The second-order valence-electron chi connectivity index (χ2n) is 6.15. The van der Waals surface area contributed by atoms with Gasteiger partial charge in [-0.25, -0.2) is 9.67 Å². The number of hydrogen-bond donors (Lipinski definition) is 0. The number of nitrogens with zero attached hydrogens (tertiary/aromatic N) is 5. The van der Waals surface area contributed by atoms with Crippen molar-refractivity contribution < 1.29 is 18.0 Å². The van der Waals surface area contributed by atoms with Gasteiger partial charge in [0.15, 0.2) is 10.4 Å². The van der Waals surface area contributed by atoms with E-state index in [9.17, 15) is 18.0 Å². The number of alkyl halides is 3. The molecule has 4 rings (SSSR count). The Balaban J connectivity index is 1.53. The molecule has 6 nitrogen and oxygen atoms in total. The van der Waals surface area contributed by atoms with Crippen molar-refractivity contribution in [2.24, 2.45) is 0 Å². The number of anilines is 1. The molecule has 2 atom stereocenters. The Kier molecular flexibility index (Phi) is 4.58. The second kappa shape index (κ2) is 6.79. The molecule has 0 aliphatic carbocycles. The Hall–Kier alpha value is -2.14. The zero-order chi connectivity index (χ0) is 19.2. The Morgan fingerprint density at radius 3 is 2.89 bits per heavy atom. The van der Waals surface area contributed by atoms with Crippen LogP contribution in [0.25, 0.3) is 10.2 Å². The number of carbonyl (C=O) groups excluding carboxylic acids is 1. The number of halogens is 3. The number of carbonyl (C=O) groups is 1. The molecule has 2 aromatic heterocycles. The number of aromatic nitrogens is 4. The predicted molar refractivity (Wildman–Crippen MR) is 97.0 cm³/mol. The van der Waals surface area contributed by atoms with Gasteiger partial charge in [-0.05, 0) is 25.5 Å². The minimum Gasteiger partial charge on any atom is -0.277 e. The lowest BCUT2D eigenvalue weighted by Gasteiger charge is -2.37. The smallest absolute Gasteiger partial charge is 0.277 e. The fourth-order valence-corrected chi connectivity index (χ4v) is 5.02. The number of thiazole rings is 1. The van der Waals surface area contributed by atoms with E-state index < -0.39 is 18.3 Å². The van der Waals surface area contributed by atoms with E-state index in [1.807, 2.05) is 24.3 Å². The zero-order valence-electron chi connectivity index (χ0n) is 14.1. The summed E-state index contributed by atoms with van der Waals surface area (Å²) < 4.78 is 42.4. The molecule has 0 fully saturated rings. The van der Waals surface area contributed by atoms with Crippen molar-refractivity contribution in [2.45, 2.75) is 35.9 Å². The predicted octanol–water partition coefficient (Wildman–Crippen LogP) is 3.91. The summed E-state index contributed by atoms with van der Waals surface area (Å²) in [5, 5.41) is 3.69. The largest absolute Gasteiger partial charge is 0.411 e. The van der Waals surface area contributed by atoms with Gasteiger partial charge in [0.05, 0.1) is 16.0 Å². The quantitative estimate of drug-likeness (QED) is 0.609. The summed E-state index contributed by atoms with van der Waals surface area (Å²) in [6, 6.07) is 5.25. The van der Waals surface area contributed by atoms with Crippen molar-refractivity contribution in [1.82, 2.24) is 19.7 Å². The SMILES string of the molecule is C[C@H]1C[C@H](C(F)(F)F)n2ncnc2N1C(=O)CSc1nc2ccccc2s1. The third-order valence-corrected chi connectivity index (χ3v) is 6.47. The number of hydrogen-bond acceptors (Lipinski definition) is 6. The van der Waals surface area contributed by atoms with E-state index in [2.05, 4.69) is 15.1 Å². The lowest BCUT2D eigenvalue weighted by atomic mass is 10.0. The van der Waals surface area contributed by atoms with E-state index >= 15 is 0 Å². The molecule has 0 radical (unpaired) electrons. The van der Waals surface area contributed by atoms with Gasteiger partial charge in [0, 0.05) is 6.04 Å². The molecule has 0 spiro atoms. The van der Waals surface area contributed by atoms with Crippen molar-refractivity contribution in [3.63, 3.8) is 0 Å². The van der Waals surface area contributed by atoms with Crippen molar-refractivity contribution in [3.05, 3.63) is 30.6 Å². The van der Waals surface area contributed by atoms with Gasteiger partial charge in [-0.2, -0.15) is 23.3 Å². The van der Waals surface area contributed by atoms with Gasteiger partial charge in [-0.15, -0.1) is 11.3 Å². The van der Waals surface area contributed by atoms with Gasteiger partial charge in [-0.3, -0.25) is 9.69 Å². The molecular weight excluding hydrogens is 399 g/mol. The van der Waals surface area contributed by atoms with E-state index in [4.69, 9.17) is 0 Å². The van der Waals surface area contributed by atoms with E-state index in [0.717, 1.165) is 25.6 Å². The van der Waals surface area contributed by atoms with Crippen LogP contribution in [0.5, 0.6) is 0 Å². The first-order chi connectivity index (χ1) is 12.8. The third kappa shape index (κ3) is 3.41. The Labute approximate surface area is 160 Å². The van der Waals surface area contributed by atoms with Crippen LogP contribution in [0.15, 0.2) is 34.9 Å². The molecule has 0 bridgehead atoms. The first-order valence-corrected chi connectivity index (χ1v) is 9.91. The topological polar surface area (TPSA) is 63.9 Å². The molecule has 27 heavy (non-hydrogen) atoms. The van der Waals surface area contributed by atoms with Crippen molar-refractivity contribution in [2.75, 3.05) is 10.7 Å². The summed E-state index contributed by atoms with van der Waals surface area (Å²) in [4.78, 5) is 22.4. The van der Waals surface area contributed by atoms with Crippen LogP contribution in [0.2, 0.25) is 0 Å². The fourth-order valence-electron chi connectivity index (χ4n) is 3.10. The summed E-state index contributed by atoms with van der Waals surface area (Å²) in [6.07, 6.45) is -3.65. The van der Waals surface area contributed by atoms with Gasteiger partial charge < -0.3 is 0 Å². The minimum absolute atomic E-state index is 0.0632. The van der Waals surface area contributed by atoms with E-state index in [1.54, 1.807) is 6.92 Å².